The first-order chi connectivity index (χ1) is 21.6. The number of hydrogen-bond donors (Lipinski definition) is 5. The third kappa shape index (κ3) is 6.67. The van der Waals surface area contributed by atoms with Crippen molar-refractivity contribution in [1.82, 2.24) is 10.2 Å². The predicted octanol–water partition coefficient (Wildman–Crippen LogP) is 2.13. The van der Waals surface area contributed by atoms with Crippen LogP contribution in [0.25, 0.3) is 0 Å². The lowest BCUT2D eigenvalue weighted by molar-refractivity contribution is -0.341. The van der Waals surface area contributed by atoms with Crippen LogP contribution in [0.1, 0.15) is 73.8 Å². The van der Waals surface area contributed by atoms with Gasteiger partial charge in [-0.05, 0) is 81.4 Å². The molecule has 46 heavy (non-hydrogen) atoms. The molecule has 252 valence electrons. The molecule has 0 spiro atoms. The molecular formula is C36H50N2O8. The summed E-state index contributed by atoms with van der Waals surface area (Å²) in [5.41, 5.74) is 1.19. The van der Waals surface area contributed by atoms with Gasteiger partial charge in [0.15, 0.2) is 5.60 Å². The third-order valence-corrected chi connectivity index (χ3v) is 10.0. The maximum atomic E-state index is 12.7. The van der Waals surface area contributed by atoms with Gasteiger partial charge < -0.3 is 40.1 Å². The fraction of sp³-hybridized carbons (Fsp3) is 0.611. The normalized spacial score (nSPS) is 28.3. The molecule has 2 heterocycles. The van der Waals surface area contributed by atoms with Crippen molar-refractivity contribution >= 4 is 11.7 Å². The lowest BCUT2D eigenvalue weighted by atomic mass is 9.79. The lowest BCUT2D eigenvalue weighted by Crippen LogP contribution is -2.68. The van der Waals surface area contributed by atoms with E-state index in [0.29, 0.717) is 44.2 Å². The number of nitrogens with one attached hydrogen (secondary N) is 1. The molecule has 0 aromatic heterocycles. The Morgan fingerprint density at radius 1 is 1.02 bits per heavy atom. The SMILES string of the molecule is Cc1ccc([C@]23OC[C@](C4(O)CC4)(O2)[C@@H](O)[C@H](O)[C@H]3O)cc1Cc1ccc(CCCC(=O)CC(C)(C)C(=O)NCCN(C)C)cc1. The fourth-order valence-corrected chi connectivity index (χ4v) is 6.77. The Labute approximate surface area is 271 Å². The number of carbonyl (C=O) groups is 2. The first kappa shape index (κ1) is 34.6. The third-order valence-electron chi connectivity index (χ3n) is 10.0. The molecule has 2 saturated heterocycles. The van der Waals surface area contributed by atoms with Crippen LogP contribution in [0.5, 0.6) is 0 Å². The minimum absolute atomic E-state index is 0.0862. The van der Waals surface area contributed by atoms with Gasteiger partial charge in [-0.15, -0.1) is 0 Å². The van der Waals surface area contributed by atoms with Gasteiger partial charge in [0, 0.05) is 31.5 Å². The highest BCUT2D eigenvalue weighted by molar-refractivity contribution is 5.89. The average Bonchev–Trinajstić information content (AvgIpc) is 3.64. The van der Waals surface area contributed by atoms with Gasteiger partial charge >= 0.3 is 0 Å². The number of aryl methyl sites for hydroxylation is 2. The van der Waals surface area contributed by atoms with E-state index in [1.165, 1.54) is 0 Å². The van der Waals surface area contributed by atoms with Gasteiger partial charge in [-0.3, -0.25) is 9.59 Å². The Morgan fingerprint density at radius 3 is 2.35 bits per heavy atom. The minimum atomic E-state index is -1.70. The van der Waals surface area contributed by atoms with E-state index in [9.17, 15) is 30.0 Å². The van der Waals surface area contributed by atoms with E-state index in [4.69, 9.17) is 9.47 Å². The number of fused-ring (bicyclic) bond motifs is 2. The molecule has 0 unspecified atom stereocenters. The number of nitrogens with zero attached hydrogens (tertiary/aromatic N) is 1. The van der Waals surface area contributed by atoms with Gasteiger partial charge in [0.2, 0.25) is 11.7 Å². The molecule has 5 rings (SSSR count). The number of benzene rings is 2. The second kappa shape index (κ2) is 13.1. The summed E-state index contributed by atoms with van der Waals surface area (Å²) < 4.78 is 12.3. The standard InChI is InChI=1S/C36H50N2O8/c1-23-9-14-27(36-31(42)29(40)30(41)35(46-36,22-45-36)34(44)15-16-34)20-26(23)19-25-12-10-24(11-13-25)7-6-8-28(39)21-33(2,3)32(43)37-17-18-38(4)5/h9-14,20,29-31,40-42,44H,6-8,15-19,21-22H2,1-5H3,(H,37,43)/t29-,30-,31+,35-,36-/m0/s1. The van der Waals surface area contributed by atoms with E-state index in [-0.39, 0.29) is 24.7 Å². The van der Waals surface area contributed by atoms with Crippen molar-refractivity contribution in [3.8, 4) is 0 Å². The Morgan fingerprint density at radius 2 is 1.70 bits per heavy atom. The first-order valence-electron chi connectivity index (χ1n) is 16.4. The van der Waals surface area contributed by atoms with Crippen LogP contribution in [0.3, 0.4) is 0 Å². The number of aliphatic hydroxyl groups excluding tert-OH is 3. The zero-order chi connectivity index (χ0) is 33.5. The number of likely N-dealkylation sites (N-methyl/N-ethyl adjacent to an activating group) is 1. The molecular weight excluding hydrogens is 588 g/mol. The molecule has 5 N–H and O–H groups in total. The molecule has 10 nitrogen and oxygen atoms in total. The number of ketones is 1. The smallest absolute Gasteiger partial charge is 0.226 e. The molecule has 2 bridgehead atoms. The van der Waals surface area contributed by atoms with Crippen LogP contribution >= 0.6 is 0 Å². The minimum Gasteiger partial charge on any atom is -0.387 e. The second-order valence-corrected chi connectivity index (χ2v) is 14.5. The summed E-state index contributed by atoms with van der Waals surface area (Å²) in [6, 6.07) is 13.9. The maximum absolute atomic E-state index is 12.7. The summed E-state index contributed by atoms with van der Waals surface area (Å²) >= 11 is 0. The van der Waals surface area contributed by atoms with Gasteiger partial charge in [0.25, 0.3) is 0 Å². The van der Waals surface area contributed by atoms with Gasteiger partial charge in [-0.1, -0.05) is 50.2 Å². The van der Waals surface area contributed by atoms with E-state index in [2.05, 4.69) is 29.6 Å². The van der Waals surface area contributed by atoms with Gasteiger partial charge in [0.05, 0.1) is 17.6 Å². The molecule has 10 heteroatoms. The molecule has 3 fully saturated rings. The quantitative estimate of drug-likeness (QED) is 0.210. The summed E-state index contributed by atoms with van der Waals surface area (Å²) in [7, 11) is 3.90. The summed E-state index contributed by atoms with van der Waals surface area (Å²) in [5.74, 6) is -1.72. The molecule has 2 aromatic rings. The van der Waals surface area contributed by atoms with E-state index >= 15 is 0 Å². The number of carbonyl (C=O) groups excluding carboxylic acids is 2. The van der Waals surface area contributed by atoms with Crippen molar-refractivity contribution in [3.63, 3.8) is 0 Å². The van der Waals surface area contributed by atoms with Gasteiger partial charge in [-0.25, -0.2) is 0 Å². The van der Waals surface area contributed by atoms with E-state index in [0.717, 1.165) is 35.2 Å². The van der Waals surface area contributed by atoms with Crippen LogP contribution in [-0.4, -0.2) is 100 Å². The number of Topliss-reactive ketones (excluding diaryl/α,β-unsaturated/α-hetero) is 1. The molecule has 1 aliphatic carbocycles. The Bertz CT molecular complexity index is 1420. The van der Waals surface area contributed by atoms with Crippen molar-refractivity contribution in [2.45, 2.75) is 101 Å². The van der Waals surface area contributed by atoms with Gasteiger partial charge in [-0.2, -0.15) is 0 Å². The lowest BCUT2D eigenvalue weighted by Gasteiger charge is -2.48. The Hall–Kier alpha value is -2.70. The number of ether oxygens (including phenoxy) is 2. The van der Waals surface area contributed by atoms with Crippen LogP contribution in [0, 0.1) is 12.3 Å². The topological polar surface area (TPSA) is 149 Å². The number of hydrogen-bond acceptors (Lipinski definition) is 9. The zero-order valence-electron chi connectivity index (χ0n) is 27.7. The largest absolute Gasteiger partial charge is 0.387 e. The van der Waals surface area contributed by atoms with Crippen molar-refractivity contribution in [2.24, 2.45) is 5.41 Å². The van der Waals surface area contributed by atoms with Crippen LogP contribution in [-0.2, 0) is 37.7 Å². The van der Waals surface area contributed by atoms with Crippen molar-refractivity contribution < 1.29 is 39.5 Å². The van der Waals surface area contributed by atoms with E-state index in [1.54, 1.807) is 6.07 Å². The van der Waals surface area contributed by atoms with Crippen LogP contribution < -0.4 is 5.32 Å². The Kier molecular flexibility index (Phi) is 9.84. The summed E-state index contributed by atoms with van der Waals surface area (Å²) in [4.78, 5) is 27.2. The van der Waals surface area contributed by atoms with Gasteiger partial charge in [0.1, 0.15) is 24.1 Å². The molecule has 2 aromatic carbocycles. The summed E-state index contributed by atoms with van der Waals surface area (Å²) in [6.45, 7) is 6.79. The van der Waals surface area contributed by atoms with Crippen LogP contribution in [0.4, 0.5) is 0 Å². The van der Waals surface area contributed by atoms with Crippen molar-refractivity contribution in [1.29, 1.82) is 0 Å². The predicted molar refractivity (Wildman–Crippen MR) is 172 cm³/mol. The number of amides is 1. The van der Waals surface area contributed by atoms with E-state index in [1.807, 2.05) is 51.9 Å². The fourth-order valence-electron chi connectivity index (χ4n) is 6.77. The zero-order valence-corrected chi connectivity index (χ0v) is 27.7. The number of aliphatic hydroxyl groups is 4. The highest BCUT2D eigenvalue weighted by Crippen LogP contribution is 2.59. The Balaban J connectivity index is 1.18. The van der Waals surface area contributed by atoms with E-state index < -0.39 is 40.7 Å². The highest BCUT2D eigenvalue weighted by Gasteiger charge is 2.76. The molecule has 0 radical (unpaired) electrons. The maximum Gasteiger partial charge on any atom is 0.226 e. The second-order valence-electron chi connectivity index (χ2n) is 14.5. The van der Waals surface area contributed by atoms with Crippen molar-refractivity contribution in [3.05, 3.63) is 70.3 Å². The molecule has 1 amide bonds. The molecule has 5 atom stereocenters. The average molecular weight is 639 g/mol. The monoisotopic (exact) mass is 638 g/mol. The molecule has 2 aliphatic heterocycles. The summed E-state index contributed by atoms with van der Waals surface area (Å²) in [6.07, 6.45) is -1.01. The summed E-state index contributed by atoms with van der Waals surface area (Å²) in [5, 5.41) is 46.6. The molecule has 1 saturated carbocycles. The highest BCUT2D eigenvalue weighted by atomic mass is 16.8. The first-order valence-corrected chi connectivity index (χ1v) is 16.4. The van der Waals surface area contributed by atoms with Crippen molar-refractivity contribution in [2.75, 3.05) is 33.8 Å². The van der Waals surface area contributed by atoms with Crippen LogP contribution in [0.15, 0.2) is 42.5 Å². The van der Waals surface area contributed by atoms with Crippen LogP contribution in [0.2, 0.25) is 0 Å². The molecule has 3 aliphatic rings. The number of rotatable bonds is 14.